The van der Waals surface area contributed by atoms with Crippen molar-refractivity contribution in [2.45, 2.75) is 25.4 Å². The molecule has 1 aliphatic heterocycles. The normalized spacial score (nSPS) is 17.3. The summed E-state index contributed by atoms with van der Waals surface area (Å²) in [5.74, 6) is -0.144. The van der Waals surface area contributed by atoms with E-state index in [0.29, 0.717) is 40.0 Å². The van der Waals surface area contributed by atoms with E-state index >= 15 is 0 Å². The van der Waals surface area contributed by atoms with E-state index in [2.05, 4.69) is 5.32 Å². The van der Waals surface area contributed by atoms with Gasteiger partial charge in [-0.05, 0) is 43.7 Å². The number of benzene rings is 1. The number of hydrogen-bond acceptors (Lipinski definition) is 5. The van der Waals surface area contributed by atoms with Crippen LogP contribution in [0.1, 0.15) is 29.0 Å². The van der Waals surface area contributed by atoms with Gasteiger partial charge in [-0.25, -0.2) is 4.79 Å². The molecule has 1 N–H and O–H groups in total. The van der Waals surface area contributed by atoms with Gasteiger partial charge >= 0.3 is 5.97 Å². The third kappa shape index (κ3) is 4.03. The Hall–Kier alpha value is -2.02. The van der Waals surface area contributed by atoms with Crippen molar-refractivity contribution >= 4 is 40.8 Å². The number of furan rings is 1. The molecule has 1 saturated heterocycles. The highest BCUT2D eigenvalue weighted by atomic mass is 35.5. The van der Waals surface area contributed by atoms with Crippen molar-refractivity contribution in [3.8, 4) is 0 Å². The molecule has 0 aliphatic carbocycles. The number of hydrogen-bond donors (Lipinski definition) is 1. The van der Waals surface area contributed by atoms with Crippen LogP contribution in [0, 0.1) is 0 Å². The minimum Gasteiger partial charge on any atom is -0.467 e. The molecule has 6 nitrogen and oxygen atoms in total. The van der Waals surface area contributed by atoms with Crippen molar-refractivity contribution in [3.63, 3.8) is 0 Å². The van der Waals surface area contributed by atoms with Crippen LogP contribution in [0.15, 0.2) is 34.9 Å². The summed E-state index contributed by atoms with van der Waals surface area (Å²) in [7, 11) is 1.32. The number of carbonyl (C=O) groups excluding carboxylic acids is 2. The zero-order chi connectivity index (χ0) is 18.7. The van der Waals surface area contributed by atoms with E-state index in [1.807, 2.05) is 4.90 Å². The number of nitrogens with one attached hydrogen (secondary N) is 1. The molecule has 3 rings (SSSR count). The van der Waals surface area contributed by atoms with Gasteiger partial charge in [0.05, 0.1) is 36.7 Å². The van der Waals surface area contributed by atoms with Crippen LogP contribution in [0.25, 0.3) is 0 Å². The highest BCUT2D eigenvalue weighted by Gasteiger charge is 2.32. The lowest BCUT2D eigenvalue weighted by atomic mass is 10.2. The summed E-state index contributed by atoms with van der Waals surface area (Å²) in [4.78, 5) is 26.5. The molecule has 2 heterocycles. The molecule has 0 bridgehead atoms. The maximum atomic E-state index is 12.7. The van der Waals surface area contributed by atoms with Crippen molar-refractivity contribution in [3.05, 3.63) is 51.9 Å². The van der Waals surface area contributed by atoms with Gasteiger partial charge in [0.1, 0.15) is 11.3 Å². The molecule has 0 spiro atoms. The Bertz CT molecular complexity index is 821. The molecule has 8 heteroatoms. The molecular weight excluding hydrogens is 379 g/mol. The molecule has 138 valence electrons. The smallest absolute Gasteiger partial charge is 0.341 e. The topological polar surface area (TPSA) is 71.8 Å². The van der Waals surface area contributed by atoms with Crippen LogP contribution in [0.4, 0.5) is 5.69 Å². The quantitative estimate of drug-likeness (QED) is 0.773. The van der Waals surface area contributed by atoms with E-state index < -0.39 is 5.97 Å². The van der Waals surface area contributed by atoms with E-state index in [0.717, 1.165) is 13.0 Å². The number of nitrogens with zero attached hydrogens (tertiary/aromatic N) is 1. The summed E-state index contributed by atoms with van der Waals surface area (Å²) < 4.78 is 10.2. The van der Waals surface area contributed by atoms with Gasteiger partial charge in [-0.2, -0.15) is 0 Å². The highest BCUT2D eigenvalue weighted by molar-refractivity contribution is 6.35. The zero-order valence-corrected chi connectivity index (χ0v) is 15.6. The lowest BCUT2D eigenvalue weighted by Crippen LogP contribution is -2.39. The van der Waals surface area contributed by atoms with Gasteiger partial charge in [0.25, 0.3) is 0 Å². The van der Waals surface area contributed by atoms with E-state index in [1.54, 1.807) is 24.3 Å². The molecule has 0 radical (unpaired) electrons. The number of anilines is 1. The van der Waals surface area contributed by atoms with E-state index in [9.17, 15) is 9.59 Å². The average Bonchev–Trinajstić information content (AvgIpc) is 3.27. The second kappa shape index (κ2) is 8.12. The number of likely N-dealkylation sites (tertiary alicyclic amines) is 1. The number of halogens is 2. The maximum Gasteiger partial charge on any atom is 0.341 e. The van der Waals surface area contributed by atoms with Gasteiger partial charge in [-0.1, -0.05) is 23.2 Å². The van der Waals surface area contributed by atoms with Crippen molar-refractivity contribution in [2.75, 3.05) is 19.0 Å². The summed E-state index contributed by atoms with van der Waals surface area (Å²) in [6.45, 7) is 1.07. The molecule has 26 heavy (non-hydrogen) atoms. The Kier molecular flexibility index (Phi) is 5.86. The largest absolute Gasteiger partial charge is 0.467 e. The monoisotopic (exact) mass is 396 g/mol. The highest BCUT2D eigenvalue weighted by Crippen LogP contribution is 2.28. The summed E-state index contributed by atoms with van der Waals surface area (Å²) in [5.41, 5.74) is 0.848. The predicted molar refractivity (Wildman–Crippen MR) is 98.6 cm³/mol. The Labute approximate surface area is 161 Å². The second-order valence-electron chi connectivity index (χ2n) is 5.99. The van der Waals surface area contributed by atoms with Crippen molar-refractivity contribution < 1.29 is 18.7 Å². The van der Waals surface area contributed by atoms with Crippen LogP contribution in [-0.2, 0) is 16.1 Å². The molecule has 1 aliphatic rings. The molecule has 1 atom stereocenters. The lowest BCUT2D eigenvalue weighted by Gasteiger charge is -2.23. The van der Waals surface area contributed by atoms with Crippen LogP contribution in [0.2, 0.25) is 10.0 Å². The molecule has 1 aromatic carbocycles. The molecule has 2 aromatic rings. The Morgan fingerprint density at radius 2 is 2.15 bits per heavy atom. The summed E-state index contributed by atoms with van der Waals surface area (Å²) in [5, 5.41) is 3.75. The van der Waals surface area contributed by atoms with Gasteiger partial charge in [-0.15, -0.1) is 0 Å². The molecule has 0 saturated carbocycles. The van der Waals surface area contributed by atoms with Gasteiger partial charge in [0.2, 0.25) is 5.91 Å². The first-order valence-electron chi connectivity index (χ1n) is 8.14. The Morgan fingerprint density at radius 1 is 1.35 bits per heavy atom. The van der Waals surface area contributed by atoms with Crippen LogP contribution in [0.3, 0.4) is 0 Å². The number of amides is 1. The standard InChI is InChI=1S/C18H18Cl2N2O4/c1-25-18(24)12-6-8-26-16(12)10-22-7-2-3-15(22)17(23)21-14-9-11(19)4-5-13(14)20/h4-6,8-9,15H,2-3,7,10H2,1H3,(H,21,23)/t15-/m0/s1. The number of ether oxygens (including phenoxy) is 1. The van der Waals surface area contributed by atoms with Gasteiger partial charge in [0.15, 0.2) is 0 Å². The molecule has 1 fully saturated rings. The fourth-order valence-electron chi connectivity index (χ4n) is 3.06. The molecule has 0 unspecified atom stereocenters. The number of rotatable bonds is 5. The van der Waals surface area contributed by atoms with Crippen LogP contribution in [-0.4, -0.2) is 36.5 Å². The predicted octanol–water partition coefficient (Wildman–Crippen LogP) is 3.98. The number of esters is 1. The minimum absolute atomic E-state index is 0.169. The van der Waals surface area contributed by atoms with Crippen LogP contribution < -0.4 is 5.32 Å². The summed E-state index contributed by atoms with van der Waals surface area (Å²) >= 11 is 12.1. The van der Waals surface area contributed by atoms with Gasteiger partial charge in [0, 0.05) is 5.02 Å². The lowest BCUT2D eigenvalue weighted by molar-refractivity contribution is -0.120. The number of carbonyl (C=O) groups is 2. The first-order chi connectivity index (χ1) is 12.5. The van der Waals surface area contributed by atoms with Crippen molar-refractivity contribution in [1.29, 1.82) is 0 Å². The fraction of sp³-hybridized carbons (Fsp3) is 0.333. The summed E-state index contributed by atoms with van der Waals surface area (Å²) in [6.07, 6.45) is 3.02. The van der Waals surface area contributed by atoms with Gasteiger partial charge < -0.3 is 14.5 Å². The number of methoxy groups -OCH3 is 1. The average molecular weight is 397 g/mol. The van der Waals surface area contributed by atoms with E-state index in [-0.39, 0.29) is 11.9 Å². The van der Waals surface area contributed by atoms with Gasteiger partial charge in [-0.3, -0.25) is 9.69 Å². The summed E-state index contributed by atoms with van der Waals surface area (Å²) in [6, 6.07) is 6.13. The molecular formula is C18H18Cl2N2O4. The molecule has 1 aromatic heterocycles. The Balaban J connectivity index is 1.72. The Morgan fingerprint density at radius 3 is 2.92 bits per heavy atom. The maximum absolute atomic E-state index is 12.7. The third-order valence-electron chi connectivity index (χ3n) is 4.35. The fourth-order valence-corrected chi connectivity index (χ4v) is 3.40. The van der Waals surface area contributed by atoms with E-state index in [1.165, 1.54) is 13.4 Å². The van der Waals surface area contributed by atoms with Crippen LogP contribution in [0.5, 0.6) is 0 Å². The third-order valence-corrected chi connectivity index (χ3v) is 4.91. The van der Waals surface area contributed by atoms with Crippen molar-refractivity contribution in [1.82, 2.24) is 4.90 Å². The zero-order valence-electron chi connectivity index (χ0n) is 14.1. The first-order valence-corrected chi connectivity index (χ1v) is 8.90. The van der Waals surface area contributed by atoms with Crippen molar-refractivity contribution in [2.24, 2.45) is 0 Å². The second-order valence-corrected chi connectivity index (χ2v) is 6.83. The minimum atomic E-state index is -0.459. The first kappa shape index (κ1) is 18.8. The SMILES string of the molecule is COC(=O)c1ccoc1CN1CCC[C@H]1C(=O)Nc1cc(Cl)ccc1Cl. The molecule has 1 amide bonds. The van der Waals surface area contributed by atoms with Crippen LogP contribution >= 0.6 is 23.2 Å². The van der Waals surface area contributed by atoms with E-state index in [4.69, 9.17) is 32.4 Å².